The summed E-state index contributed by atoms with van der Waals surface area (Å²) in [4.78, 5) is 1.33. The van der Waals surface area contributed by atoms with Crippen LogP contribution < -0.4 is 5.32 Å². The van der Waals surface area contributed by atoms with E-state index < -0.39 is 0 Å². The summed E-state index contributed by atoms with van der Waals surface area (Å²) >= 11 is 8.13. The highest BCUT2D eigenvalue weighted by molar-refractivity contribution is 7.99. The van der Waals surface area contributed by atoms with Gasteiger partial charge in [0.15, 0.2) is 0 Å². The summed E-state index contributed by atoms with van der Waals surface area (Å²) in [6, 6.07) is 16.2. The van der Waals surface area contributed by atoms with Gasteiger partial charge in [0, 0.05) is 10.6 Å². The van der Waals surface area contributed by atoms with Crippen LogP contribution in [0.2, 0.25) is 5.02 Å². The van der Waals surface area contributed by atoms with Gasteiger partial charge >= 0.3 is 0 Å². The van der Waals surface area contributed by atoms with Crippen LogP contribution in [0.3, 0.4) is 0 Å². The van der Waals surface area contributed by atoms with Crippen molar-refractivity contribution in [3.63, 3.8) is 0 Å². The Morgan fingerprint density at radius 1 is 1.25 bits per heavy atom. The predicted octanol–water partition coefficient (Wildman–Crippen LogP) is 4.86. The molecule has 1 atom stereocenters. The molecule has 0 spiro atoms. The molecule has 0 fully saturated rings. The van der Waals surface area contributed by atoms with Crippen LogP contribution in [0.4, 0.5) is 5.69 Å². The van der Waals surface area contributed by atoms with Crippen LogP contribution in [0.5, 0.6) is 0 Å². The molecule has 0 aliphatic carbocycles. The van der Waals surface area contributed by atoms with Crippen LogP contribution >= 0.6 is 23.4 Å². The molecule has 20 heavy (non-hydrogen) atoms. The Labute approximate surface area is 127 Å². The molecule has 2 aromatic rings. The lowest BCUT2D eigenvalue weighted by Crippen LogP contribution is -2.16. The maximum absolute atomic E-state index is 8.87. The number of fused-ring (bicyclic) bond motifs is 1. The molecule has 0 bridgehead atoms. The van der Waals surface area contributed by atoms with Gasteiger partial charge in [-0.1, -0.05) is 29.8 Å². The van der Waals surface area contributed by atoms with E-state index in [1.54, 1.807) is 12.1 Å². The molecule has 3 rings (SSSR count). The minimum atomic E-state index is 0.276. The van der Waals surface area contributed by atoms with Crippen LogP contribution in [0, 0.1) is 11.3 Å². The topological polar surface area (TPSA) is 35.8 Å². The van der Waals surface area contributed by atoms with Gasteiger partial charge in [-0.3, -0.25) is 0 Å². The summed E-state index contributed by atoms with van der Waals surface area (Å²) in [5.41, 5.74) is 2.79. The van der Waals surface area contributed by atoms with Gasteiger partial charge in [-0.2, -0.15) is 5.26 Å². The number of anilines is 1. The fraction of sp³-hybridized carbons (Fsp3) is 0.188. The zero-order valence-electron chi connectivity index (χ0n) is 10.8. The van der Waals surface area contributed by atoms with Crippen molar-refractivity contribution in [2.24, 2.45) is 0 Å². The maximum Gasteiger partial charge on any atom is 0.0992 e. The zero-order chi connectivity index (χ0) is 13.9. The van der Waals surface area contributed by atoms with Crippen molar-refractivity contribution in [2.75, 3.05) is 11.1 Å². The highest BCUT2D eigenvalue weighted by Gasteiger charge is 2.20. The first-order valence-electron chi connectivity index (χ1n) is 6.46. The van der Waals surface area contributed by atoms with E-state index in [1.807, 2.05) is 17.8 Å². The number of benzene rings is 2. The van der Waals surface area contributed by atoms with Crippen LogP contribution in [0.1, 0.15) is 23.6 Å². The number of thioether (sulfide) groups is 1. The first-order valence-corrected chi connectivity index (χ1v) is 7.82. The lowest BCUT2D eigenvalue weighted by molar-refractivity contribution is 0.729. The van der Waals surface area contributed by atoms with E-state index in [-0.39, 0.29) is 6.04 Å². The van der Waals surface area contributed by atoms with Crippen molar-refractivity contribution in [3.8, 4) is 6.07 Å². The molecule has 1 aliphatic heterocycles. The Kier molecular flexibility index (Phi) is 3.86. The van der Waals surface area contributed by atoms with Crippen LogP contribution in [-0.2, 0) is 0 Å². The normalized spacial score (nSPS) is 17.1. The van der Waals surface area contributed by atoms with E-state index in [2.05, 4.69) is 35.7 Å². The fourth-order valence-corrected chi connectivity index (χ4v) is 3.74. The molecule has 1 N–H and O–H groups in total. The van der Waals surface area contributed by atoms with E-state index in [0.29, 0.717) is 10.6 Å². The molecule has 2 aromatic carbocycles. The lowest BCUT2D eigenvalue weighted by atomic mass is 10.0. The number of nitrogens with zero attached hydrogens (tertiary/aromatic N) is 1. The van der Waals surface area contributed by atoms with E-state index in [1.165, 1.54) is 10.5 Å². The number of nitrogens with one attached hydrogen (secondary N) is 1. The molecule has 4 heteroatoms. The Hall–Kier alpha value is -1.63. The van der Waals surface area contributed by atoms with Gasteiger partial charge in [-0.15, -0.1) is 11.8 Å². The molecular weight excluding hydrogens is 288 g/mol. The van der Waals surface area contributed by atoms with E-state index in [4.69, 9.17) is 16.9 Å². The lowest BCUT2D eigenvalue weighted by Gasteiger charge is -2.27. The molecule has 0 saturated carbocycles. The van der Waals surface area contributed by atoms with Crippen molar-refractivity contribution < 1.29 is 0 Å². The highest BCUT2D eigenvalue weighted by Crippen LogP contribution is 2.38. The quantitative estimate of drug-likeness (QED) is 0.860. The highest BCUT2D eigenvalue weighted by atomic mass is 35.5. The minimum Gasteiger partial charge on any atom is -0.377 e. The van der Waals surface area contributed by atoms with E-state index >= 15 is 0 Å². The number of rotatable bonds is 2. The number of halogens is 1. The van der Waals surface area contributed by atoms with Crippen molar-refractivity contribution in [3.05, 3.63) is 58.6 Å². The number of hydrogen-bond donors (Lipinski definition) is 1. The molecule has 1 unspecified atom stereocenters. The summed E-state index contributed by atoms with van der Waals surface area (Å²) in [6.45, 7) is 0. The van der Waals surface area contributed by atoms with Crippen LogP contribution in [0.25, 0.3) is 0 Å². The van der Waals surface area contributed by atoms with Gasteiger partial charge in [0.2, 0.25) is 0 Å². The number of hydrogen-bond acceptors (Lipinski definition) is 3. The summed E-state index contributed by atoms with van der Waals surface area (Å²) in [7, 11) is 0. The van der Waals surface area contributed by atoms with E-state index in [0.717, 1.165) is 17.9 Å². The average molecular weight is 301 g/mol. The van der Waals surface area contributed by atoms with Crippen molar-refractivity contribution in [1.29, 1.82) is 5.26 Å². The Bertz CT molecular complexity index is 678. The molecule has 1 heterocycles. The summed E-state index contributed by atoms with van der Waals surface area (Å²) in [6.07, 6.45) is 1.07. The SMILES string of the molecule is N#Cc1ccc(NC2CCSc3ccccc32)c(Cl)c1. The second-order valence-electron chi connectivity index (χ2n) is 4.68. The molecule has 100 valence electrons. The van der Waals surface area contributed by atoms with Crippen molar-refractivity contribution >= 4 is 29.1 Å². The van der Waals surface area contributed by atoms with Gasteiger partial charge in [0.05, 0.1) is 28.4 Å². The molecule has 1 aliphatic rings. The maximum atomic E-state index is 8.87. The van der Waals surface area contributed by atoms with Crippen molar-refractivity contribution in [1.82, 2.24) is 0 Å². The molecule has 0 amide bonds. The zero-order valence-corrected chi connectivity index (χ0v) is 12.3. The van der Waals surface area contributed by atoms with Crippen LogP contribution in [0.15, 0.2) is 47.4 Å². The first kappa shape index (κ1) is 13.4. The van der Waals surface area contributed by atoms with Gasteiger partial charge in [0.25, 0.3) is 0 Å². The molecule has 0 aromatic heterocycles. The average Bonchev–Trinajstić information content (AvgIpc) is 2.49. The van der Waals surface area contributed by atoms with Gasteiger partial charge in [0.1, 0.15) is 0 Å². The summed E-state index contributed by atoms with van der Waals surface area (Å²) < 4.78 is 0. The van der Waals surface area contributed by atoms with Crippen molar-refractivity contribution in [2.45, 2.75) is 17.4 Å². The monoisotopic (exact) mass is 300 g/mol. The molecule has 0 saturated heterocycles. The largest absolute Gasteiger partial charge is 0.377 e. The Morgan fingerprint density at radius 2 is 2.10 bits per heavy atom. The Morgan fingerprint density at radius 3 is 2.90 bits per heavy atom. The van der Waals surface area contributed by atoms with Crippen LogP contribution in [-0.4, -0.2) is 5.75 Å². The second-order valence-corrected chi connectivity index (χ2v) is 6.22. The fourth-order valence-electron chi connectivity index (χ4n) is 2.38. The number of nitriles is 1. The predicted molar refractivity (Wildman–Crippen MR) is 84.3 cm³/mol. The summed E-state index contributed by atoms with van der Waals surface area (Å²) in [5, 5.41) is 13.0. The summed E-state index contributed by atoms with van der Waals surface area (Å²) in [5.74, 6) is 1.10. The van der Waals surface area contributed by atoms with Gasteiger partial charge in [-0.05, 0) is 36.2 Å². The third-order valence-electron chi connectivity index (χ3n) is 3.39. The van der Waals surface area contributed by atoms with Gasteiger partial charge < -0.3 is 5.32 Å². The van der Waals surface area contributed by atoms with E-state index in [9.17, 15) is 0 Å². The standard InChI is InChI=1S/C16H13ClN2S/c17-13-9-11(10-18)5-6-15(13)19-14-7-8-20-16-4-2-1-3-12(14)16/h1-6,9,14,19H,7-8H2. The first-order chi connectivity index (χ1) is 9.78. The minimum absolute atomic E-state index is 0.276. The third kappa shape index (κ3) is 2.63. The smallest absolute Gasteiger partial charge is 0.0992 e. The Balaban J connectivity index is 1.88. The molecule has 0 radical (unpaired) electrons. The van der Waals surface area contributed by atoms with Gasteiger partial charge in [-0.25, -0.2) is 0 Å². The molecule has 2 nitrogen and oxygen atoms in total. The molecular formula is C16H13ClN2S. The second kappa shape index (κ2) is 5.78. The third-order valence-corrected chi connectivity index (χ3v) is 4.82.